The van der Waals surface area contributed by atoms with Crippen LogP contribution in [0.3, 0.4) is 0 Å². The van der Waals surface area contributed by atoms with Crippen LogP contribution in [0.25, 0.3) is 11.3 Å². The van der Waals surface area contributed by atoms with Crippen molar-refractivity contribution in [3.05, 3.63) is 42.4 Å². The molecule has 26 heavy (non-hydrogen) atoms. The first-order valence-electron chi connectivity index (χ1n) is 10.5. The van der Waals surface area contributed by atoms with Gasteiger partial charge in [-0.3, -0.25) is 0 Å². The van der Waals surface area contributed by atoms with Gasteiger partial charge in [-0.05, 0) is 61.3 Å². The number of fused-ring (bicyclic) bond motifs is 5. The van der Waals surface area contributed by atoms with Crippen LogP contribution < -0.4 is 0 Å². The van der Waals surface area contributed by atoms with E-state index in [1.54, 1.807) is 0 Å². The fraction of sp³-hybridized carbons (Fsp3) is 0.609. The second-order valence-electron chi connectivity index (χ2n) is 8.94. The van der Waals surface area contributed by atoms with Crippen molar-refractivity contribution in [3.63, 3.8) is 0 Å². The van der Waals surface area contributed by atoms with Crippen molar-refractivity contribution < 1.29 is 5.11 Å². The average molecular weight is 351 g/mol. The molecule has 1 aliphatic heterocycles. The monoisotopic (exact) mass is 350 g/mol. The van der Waals surface area contributed by atoms with Gasteiger partial charge in [0.2, 0.25) is 0 Å². The minimum absolute atomic E-state index is 0.206. The minimum Gasteiger partial charge on any atom is -0.393 e. The zero-order valence-electron chi connectivity index (χ0n) is 15.7. The van der Waals surface area contributed by atoms with Crippen LogP contribution in [-0.2, 0) is 0 Å². The van der Waals surface area contributed by atoms with Gasteiger partial charge in [0.1, 0.15) is 0 Å². The molecule has 6 atom stereocenters. The van der Waals surface area contributed by atoms with E-state index in [1.165, 1.54) is 55.3 Å². The largest absolute Gasteiger partial charge is 0.393 e. The fourth-order valence-electron chi connectivity index (χ4n) is 6.28. The topological polar surface area (TPSA) is 38.1 Å². The van der Waals surface area contributed by atoms with Crippen LogP contribution in [0.4, 0.5) is 0 Å². The van der Waals surface area contributed by atoms with Crippen molar-refractivity contribution in [2.45, 2.75) is 64.0 Å². The number of rotatable bonds is 4. The van der Waals surface area contributed by atoms with Crippen LogP contribution in [0.5, 0.6) is 0 Å². The Hall–Kier alpha value is -1.61. The summed E-state index contributed by atoms with van der Waals surface area (Å²) in [5.41, 5.74) is 3.84. The quantitative estimate of drug-likeness (QED) is 0.837. The number of imidazole rings is 1. The molecular weight excluding hydrogens is 320 g/mol. The van der Waals surface area contributed by atoms with Crippen molar-refractivity contribution in [3.8, 4) is 11.3 Å². The summed E-state index contributed by atoms with van der Waals surface area (Å²) in [5, 5.41) is 11.3. The Morgan fingerprint density at radius 3 is 2.96 bits per heavy atom. The molecule has 2 heterocycles. The second-order valence-corrected chi connectivity index (χ2v) is 8.94. The third kappa shape index (κ3) is 2.63. The van der Waals surface area contributed by atoms with Crippen LogP contribution in [0.15, 0.2) is 36.8 Å². The smallest absolute Gasteiger partial charge is 0.0956 e. The van der Waals surface area contributed by atoms with Crippen molar-refractivity contribution in [2.24, 2.45) is 23.7 Å². The zero-order valence-corrected chi connectivity index (χ0v) is 15.7. The first-order valence-corrected chi connectivity index (χ1v) is 10.5. The van der Waals surface area contributed by atoms with E-state index in [9.17, 15) is 5.11 Å². The minimum atomic E-state index is -0.206. The normalized spacial score (nSPS) is 33.5. The van der Waals surface area contributed by atoms with Gasteiger partial charge < -0.3 is 9.67 Å². The maximum Gasteiger partial charge on any atom is 0.0956 e. The maximum absolute atomic E-state index is 11.3. The molecule has 5 rings (SSSR count). The third-order valence-electron chi connectivity index (χ3n) is 7.59. The molecule has 2 aliphatic carbocycles. The summed E-state index contributed by atoms with van der Waals surface area (Å²) < 4.78 is 2.27. The number of hydrogen-bond acceptors (Lipinski definition) is 2. The lowest BCUT2D eigenvalue weighted by atomic mass is 9.61. The van der Waals surface area contributed by atoms with Crippen molar-refractivity contribution in [1.82, 2.24) is 9.55 Å². The second kappa shape index (κ2) is 6.53. The van der Waals surface area contributed by atoms with Crippen molar-refractivity contribution in [1.29, 1.82) is 0 Å². The fourth-order valence-corrected chi connectivity index (χ4v) is 6.28. The van der Waals surface area contributed by atoms with Crippen molar-refractivity contribution >= 4 is 0 Å². The molecule has 2 saturated carbocycles. The summed E-state index contributed by atoms with van der Waals surface area (Å²) in [6.45, 7) is 2.34. The molecule has 2 bridgehead atoms. The summed E-state index contributed by atoms with van der Waals surface area (Å²) >= 11 is 0. The number of aliphatic hydroxyl groups excluding tert-OH is 1. The first-order chi connectivity index (χ1) is 12.7. The molecule has 3 nitrogen and oxygen atoms in total. The summed E-state index contributed by atoms with van der Waals surface area (Å²) in [6.07, 6.45) is 12.5. The van der Waals surface area contributed by atoms with Gasteiger partial charge in [-0.15, -0.1) is 0 Å². The Morgan fingerprint density at radius 2 is 2.08 bits per heavy atom. The van der Waals surface area contributed by atoms with Gasteiger partial charge in [0.05, 0.1) is 30.4 Å². The standard InChI is InChI=1S/C23H30N2O/c1-2-15-9-16-7-8-18(17(10-15)11-16)23(26)12-21-19-5-3-4-6-20(19)22-13-24-14-25(21)22/h3-6,13-18,21,23,26H,2,7-12H2,1H3/t15?,16?,17?,18?,21-,23+/m1/s1. The average Bonchev–Trinajstić information content (AvgIpc) is 3.24. The Labute approximate surface area is 156 Å². The number of aromatic nitrogens is 2. The van der Waals surface area contributed by atoms with Gasteiger partial charge in [0, 0.05) is 5.56 Å². The SMILES string of the molecule is CCC1CC2CCC([C@@H](O)C[C@@H]3c4ccccc4-c4cncn43)C(C1)C2. The van der Waals surface area contributed by atoms with Gasteiger partial charge in [-0.1, -0.05) is 44.0 Å². The van der Waals surface area contributed by atoms with E-state index in [-0.39, 0.29) is 12.1 Å². The van der Waals surface area contributed by atoms with Gasteiger partial charge in [-0.25, -0.2) is 4.98 Å². The van der Waals surface area contributed by atoms with E-state index in [2.05, 4.69) is 40.7 Å². The summed E-state index contributed by atoms with van der Waals surface area (Å²) in [5.74, 6) is 3.04. The highest BCUT2D eigenvalue weighted by molar-refractivity contribution is 5.68. The van der Waals surface area contributed by atoms with Crippen LogP contribution in [0, 0.1) is 23.7 Å². The first kappa shape index (κ1) is 16.6. The number of aliphatic hydroxyl groups is 1. The third-order valence-corrected chi connectivity index (χ3v) is 7.59. The van der Waals surface area contributed by atoms with E-state index < -0.39 is 0 Å². The molecule has 1 aromatic heterocycles. The van der Waals surface area contributed by atoms with Gasteiger partial charge in [0.25, 0.3) is 0 Å². The molecule has 2 aromatic rings. The number of benzene rings is 1. The van der Waals surface area contributed by atoms with E-state index >= 15 is 0 Å². The van der Waals surface area contributed by atoms with Crippen LogP contribution in [0.1, 0.15) is 63.5 Å². The zero-order chi connectivity index (χ0) is 17.7. The molecule has 1 aromatic carbocycles. The molecule has 2 fully saturated rings. The molecule has 0 amide bonds. The Morgan fingerprint density at radius 1 is 1.19 bits per heavy atom. The van der Waals surface area contributed by atoms with Crippen LogP contribution >= 0.6 is 0 Å². The van der Waals surface area contributed by atoms with Crippen LogP contribution in [0.2, 0.25) is 0 Å². The van der Waals surface area contributed by atoms with Gasteiger partial charge in [0.15, 0.2) is 0 Å². The summed E-state index contributed by atoms with van der Waals surface area (Å²) in [7, 11) is 0. The lowest BCUT2D eigenvalue weighted by Gasteiger charge is -2.45. The molecule has 0 spiro atoms. The summed E-state index contributed by atoms with van der Waals surface area (Å²) in [6, 6.07) is 8.87. The predicted molar refractivity (Wildman–Crippen MR) is 104 cm³/mol. The molecule has 0 saturated heterocycles. The molecule has 0 radical (unpaired) electrons. The highest BCUT2D eigenvalue weighted by Gasteiger charge is 2.41. The lowest BCUT2D eigenvalue weighted by molar-refractivity contribution is -0.00999. The van der Waals surface area contributed by atoms with E-state index in [0.717, 1.165) is 24.2 Å². The molecule has 4 unspecified atom stereocenters. The lowest BCUT2D eigenvalue weighted by Crippen LogP contribution is -2.39. The molecule has 3 heteroatoms. The predicted octanol–water partition coefficient (Wildman–Crippen LogP) is 5.06. The molecular formula is C23H30N2O. The van der Waals surface area contributed by atoms with Gasteiger partial charge in [-0.2, -0.15) is 0 Å². The highest BCUT2D eigenvalue weighted by Crippen LogP contribution is 2.49. The van der Waals surface area contributed by atoms with Crippen LogP contribution in [-0.4, -0.2) is 20.8 Å². The highest BCUT2D eigenvalue weighted by atomic mass is 16.3. The Bertz CT molecular complexity index is 782. The van der Waals surface area contributed by atoms with E-state index in [4.69, 9.17) is 0 Å². The van der Waals surface area contributed by atoms with E-state index in [1.807, 2.05) is 12.5 Å². The van der Waals surface area contributed by atoms with Crippen molar-refractivity contribution in [2.75, 3.05) is 0 Å². The molecule has 138 valence electrons. The van der Waals surface area contributed by atoms with E-state index in [0.29, 0.717) is 5.92 Å². The Balaban J connectivity index is 1.37. The maximum atomic E-state index is 11.3. The molecule has 3 aliphatic rings. The number of hydrogen-bond donors (Lipinski definition) is 1. The molecule has 1 N–H and O–H groups in total. The summed E-state index contributed by atoms with van der Waals surface area (Å²) in [4.78, 5) is 4.37. The number of nitrogens with zero attached hydrogens (tertiary/aromatic N) is 2. The van der Waals surface area contributed by atoms with Gasteiger partial charge >= 0.3 is 0 Å². The Kier molecular flexibility index (Phi) is 4.16.